The van der Waals surface area contributed by atoms with Crippen LogP contribution in [0.25, 0.3) is 0 Å². The topological polar surface area (TPSA) is 51.4 Å². The Balaban J connectivity index is 2.25. The van der Waals surface area contributed by atoms with Gasteiger partial charge in [-0.25, -0.2) is 0 Å². The van der Waals surface area contributed by atoms with Crippen molar-refractivity contribution in [3.05, 3.63) is 47.5 Å². The van der Waals surface area contributed by atoms with E-state index in [4.69, 9.17) is 10.5 Å². The molecule has 0 bridgehead atoms. The number of benzene rings is 1. The van der Waals surface area contributed by atoms with Crippen LogP contribution in [0.5, 0.6) is 5.88 Å². The number of aromatic nitrogens is 1. The Morgan fingerprint density at radius 1 is 1.14 bits per heavy atom. The standard InChI is InChI=1S/C17H23N3O/c1-4-20(12-14-9-7-6-8-13(14)3)16-11-10-15(18)17(19-16)21-5-2/h6-11H,4-5,12,18H2,1-3H3. The number of nitrogen functional groups attached to an aromatic ring is 1. The molecule has 0 aliphatic carbocycles. The van der Waals surface area contributed by atoms with Crippen molar-refractivity contribution in [1.82, 2.24) is 4.98 Å². The van der Waals surface area contributed by atoms with Gasteiger partial charge in [0, 0.05) is 13.1 Å². The molecule has 2 rings (SSSR count). The Morgan fingerprint density at radius 3 is 2.57 bits per heavy atom. The van der Waals surface area contributed by atoms with Crippen molar-refractivity contribution in [2.75, 3.05) is 23.8 Å². The van der Waals surface area contributed by atoms with E-state index in [1.807, 2.05) is 19.1 Å². The van der Waals surface area contributed by atoms with E-state index in [0.717, 1.165) is 18.9 Å². The van der Waals surface area contributed by atoms with Crippen molar-refractivity contribution in [1.29, 1.82) is 0 Å². The van der Waals surface area contributed by atoms with Crippen molar-refractivity contribution in [2.24, 2.45) is 0 Å². The zero-order chi connectivity index (χ0) is 15.2. The Hall–Kier alpha value is -2.23. The van der Waals surface area contributed by atoms with Gasteiger partial charge in [-0.2, -0.15) is 4.98 Å². The third kappa shape index (κ3) is 3.66. The first-order valence-corrected chi connectivity index (χ1v) is 7.34. The number of anilines is 2. The molecule has 0 amide bonds. The number of ether oxygens (including phenoxy) is 1. The molecule has 0 saturated carbocycles. The monoisotopic (exact) mass is 285 g/mol. The normalized spacial score (nSPS) is 10.4. The molecule has 4 heteroatoms. The predicted octanol–water partition coefficient (Wildman–Crippen LogP) is 3.40. The largest absolute Gasteiger partial charge is 0.476 e. The fourth-order valence-electron chi connectivity index (χ4n) is 2.22. The minimum Gasteiger partial charge on any atom is -0.476 e. The Morgan fingerprint density at radius 2 is 1.90 bits per heavy atom. The van der Waals surface area contributed by atoms with Crippen molar-refractivity contribution in [2.45, 2.75) is 27.3 Å². The summed E-state index contributed by atoms with van der Waals surface area (Å²) in [4.78, 5) is 6.75. The van der Waals surface area contributed by atoms with E-state index in [2.05, 4.69) is 48.0 Å². The first-order valence-electron chi connectivity index (χ1n) is 7.34. The summed E-state index contributed by atoms with van der Waals surface area (Å²) in [6, 6.07) is 12.2. The van der Waals surface area contributed by atoms with Crippen LogP contribution in [0, 0.1) is 6.92 Å². The molecule has 0 atom stereocenters. The van der Waals surface area contributed by atoms with E-state index in [1.165, 1.54) is 11.1 Å². The number of pyridine rings is 1. The summed E-state index contributed by atoms with van der Waals surface area (Å²) >= 11 is 0. The maximum atomic E-state index is 5.89. The fraction of sp³-hybridized carbons (Fsp3) is 0.353. The lowest BCUT2D eigenvalue weighted by molar-refractivity contribution is 0.329. The molecule has 0 fully saturated rings. The van der Waals surface area contributed by atoms with E-state index in [1.54, 1.807) is 0 Å². The summed E-state index contributed by atoms with van der Waals surface area (Å²) in [5.41, 5.74) is 9.05. The second kappa shape index (κ2) is 6.97. The molecule has 1 aromatic heterocycles. The number of hydrogen-bond donors (Lipinski definition) is 1. The lowest BCUT2D eigenvalue weighted by atomic mass is 10.1. The van der Waals surface area contributed by atoms with Crippen LogP contribution in [0.2, 0.25) is 0 Å². The maximum Gasteiger partial charge on any atom is 0.239 e. The molecule has 0 aliphatic heterocycles. The van der Waals surface area contributed by atoms with E-state index >= 15 is 0 Å². The van der Waals surface area contributed by atoms with Gasteiger partial charge in [0.1, 0.15) is 5.82 Å². The first kappa shape index (κ1) is 15.2. The number of rotatable bonds is 6. The van der Waals surface area contributed by atoms with Gasteiger partial charge in [-0.3, -0.25) is 0 Å². The summed E-state index contributed by atoms with van der Waals surface area (Å²) in [6.07, 6.45) is 0. The van der Waals surface area contributed by atoms with Crippen LogP contribution in [-0.4, -0.2) is 18.1 Å². The van der Waals surface area contributed by atoms with Gasteiger partial charge in [-0.1, -0.05) is 24.3 Å². The highest BCUT2D eigenvalue weighted by Gasteiger charge is 2.11. The minimum atomic E-state index is 0.512. The average molecular weight is 285 g/mol. The first-order chi connectivity index (χ1) is 10.2. The molecule has 0 unspecified atom stereocenters. The fourth-order valence-corrected chi connectivity index (χ4v) is 2.22. The van der Waals surface area contributed by atoms with E-state index in [0.29, 0.717) is 18.2 Å². The molecular formula is C17H23N3O. The van der Waals surface area contributed by atoms with E-state index in [-0.39, 0.29) is 0 Å². The maximum absolute atomic E-state index is 5.89. The quantitative estimate of drug-likeness (QED) is 0.884. The van der Waals surface area contributed by atoms with Crippen LogP contribution in [0.3, 0.4) is 0 Å². The molecule has 4 nitrogen and oxygen atoms in total. The van der Waals surface area contributed by atoms with Crippen LogP contribution < -0.4 is 15.4 Å². The third-order valence-corrected chi connectivity index (χ3v) is 3.48. The van der Waals surface area contributed by atoms with Crippen molar-refractivity contribution >= 4 is 11.5 Å². The predicted molar refractivity (Wildman–Crippen MR) is 87.7 cm³/mol. The zero-order valence-electron chi connectivity index (χ0n) is 13.0. The Bertz CT molecular complexity index is 598. The summed E-state index contributed by atoms with van der Waals surface area (Å²) in [5.74, 6) is 1.40. The van der Waals surface area contributed by atoms with Gasteiger partial charge >= 0.3 is 0 Å². The number of nitrogens with zero attached hydrogens (tertiary/aromatic N) is 2. The van der Waals surface area contributed by atoms with E-state index in [9.17, 15) is 0 Å². The lowest BCUT2D eigenvalue weighted by Gasteiger charge is -2.23. The van der Waals surface area contributed by atoms with Crippen molar-refractivity contribution < 1.29 is 4.74 Å². The molecular weight excluding hydrogens is 262 g/mol. The van der Waals surface area contributed by atoms with Crippen LogP contribution in [0.15, 0.2) is 36.4 Å². The molecule has 1 aromatic carbocycles. The minimum absolute atomic E-state index is 0.512. The van der Waals surface area contributed by atoms with Gasteiger partial charge < -0.3 is 15.4 Å². The number of hydrogen-bond acceptors (Lipinski definition) is 4. The van der Waals surface area contributed by atoms with Gasteiger partial charge in [0.25, 0.3) is 0 Å². The summed E-state index contributed by atoms with van der Waals surface area (Å²) < 4.78 is 5.48. The van der Waals surface area contributed by atoms with Crippen LogP contribution in [0.4, 0.5) is 11.5 Å². The number of nitrogens with two attached hydrogens (primary N) is 1. The summed E-state index contributed by atoms with van der Waals surface area (Å²) in [5, 5.41) is 0. The van der Waals surface area contributed by atoms with Crippen molar-refractivity contribution in [3.63, 3.8) is 0 Å². The smallest absolute Gasteiger partial charge is 0.239 e. The van der Waals surface area contributed by atoms with Crippen LogP contribution in [0.1, 0.15) is 25.0 Å². The van der Waals surface area contributed by atoms with E-state index < -0.39 is 0 Å². The average Bonchev–Trinajstić information content (AvgIpc) is 2.49. The Kier molecular flexibility index (Phi) is 5.04. The summed E-state index contributed by atoms with van der Waals surface area (Å²) in [6.45, 7) is 8.44. The SMILES string of the molecule is CCOc1nc(N(CC)Cc2ccccc2C)ccc1N. The lowest BCUT2D eigenvalue weighted by Crippen LogP contribution is -2.23. The molecule has 2 N–H and O–H groups in total. The summed E-state index contributed by atoms with van der Waals surface area (Å²) in [7, 11) is 0. The zero-order valence-corrected chi connectivity index (χ0v) is 13.0. The molecule has 0 spiro atoms. The Labute approximate surface area is 126 Å². The van der Waals surface area contributed by atoms with Gasteiger partial charge in [0.2, 0.25) is 5.88 Å². The highest BCUT2D eigenvalue weighted by Crippen LogP contribution is 2.24. The molecule has 112 valence electrons. The van der Waals surface area contributed by atoms with Gasteiger partial charge in [-0.05, 0) is 44.0 Å². The molecule has 1 heterocycles. The van der Waals surface area contributed by atoms with Gasteiger partial charge in [-0.15, -0.1) is 0 Å². The van der Waals surface area contributed by atoms with Crippen molar-refractivity contribution in [3.8, 4) is 5.88 Å². The molecule has 21 heavy (non-hydrogen) atoms. The highest BCUT2D eigenvalue weighted by atomic mass is 16.5. The highest BCUT2D eigenvalue weighted by molar-refractivity contribution is 5.54. The second-order valence-corrected chi connectivity index (χ2v) is 4.94. The van der Waals surface area contributed by atoms with Gasteiger partial charge in [0.05, 0.1) is 12.3 Å². The molecule has 0 saturated heterocycles. The molecule has 2 aromatic rings. The third-order valence-electron chi connectivity index (χ3n) is 3.48. The number of aryl methyl sites for hydroxylation is 1. The molecule has 0 aliphatic rings. The second-order valence-electron chi connectivity index (χ2n) is 4.94. The molecule has 0 radical (unpaired) electrons. The van der Waals surface area contributed by atoms with Crippen LogP contribution >= 0.6 is 0 Å². The van der Waals surface area contributed by atoms with Crippen LogP contribution in [-0.2, 0) is 6.54 Å². The van der Waals surface area contributed by atoms with Gasteiger partial charge in [0.15, 0.2) is 0 Å².